The lowest BCUT2D eigenvalue weighted by atomic mass is 9.96. The monoisotopic (exact) mass is 465 g/mol. The molecule has 0 aliphatic heterocycles. The molecule has 0 fully saturated rings. The number of halogens is 1. The van der Waals surface area contributed by atoms with Crippen molar-refractivity contribution in [3.8, 4) is 22.3 Å². The average Bonchev–Trinajstić information content (AvgIpc) is 2.89. The molecule has 176 valence electrons. The van der Waals surface area contributed by atoms with Gasteiger partial charge < -0.3 is 16.0 Å². The summed E-state index contributed by atoms with van der Waals surface area (Å²) in [5.41, 5.74) is 9.53. The highest BCUT2D eigenvalue weighted by Crippen LogP contribution is 2.34. The van der Waals surface area contributed by atoms with Crippen molar-refractivity contribution in [1.29, 1.82) is 0 Å². The third-order valence-corrected chi connectivity index (χ3v) is 5.98. The van der Waals surface area contributed by atoms with Gasteiger partial charge in [0.1, 0.15) is 5.82 Å². The first-order chi connectivity index (χ1) is 16.9. The summed E-state index contributed by atoms with van der Waals surface area (Å²) in [5, 5.41) is 9.72. The maximum Gasteiger partial charge on any atom is 0.123 e. The largest absolute Gasteiger partial charge is 0.388 e. The van der Waals surface area contributed by atoms with Crippen LogP contribution in [0.1, 0.15) is 11.1 Å². The third kappa shape index (κ3) is 5.06. The number of nitrogens with one attached hydrogen (secondary N) is 3. The van der Waals surface area contributed by atoms with E-state index >= 15 is 0 Å². The lowest BCUT2D eigenvalue weighted by Crippen LogP contribution is -2.05. The Morgan fingerprint density at radius 2 is 1.60 bits per heavy atom. The van der Waals surface area contributed by atoms with Gasteiger partial charge in [-0.25, -0.2) is 4.39 Å². The molecule has 0 bridgehead atoms. The second-order valence-corrected chi connectivity index (χ2v) is 8.17. The van der Waals surface area contributed by atoms with E-state index in [4.69, 9.17) is 0 Å². The molecule has 35 heavy (non-hydrogen) atoms. The van der Waals surface area contributed by atoms with Gasteiger partial charge in [0.25, 0.3) is 0 Å². The van der Waals surface area contributed by atoms with Crippen molar-refractivity contribution in [2.75, 3.05) is 30.0 Å². The Bertz CT molecular complexity index is 1410. The van der Waals surface area contributed by atoms with E-state index in [1.165, 1.54) is 12.1 Å². The van der Waals surface area contributed by atoms with Crippen LogP contribution in [0.5, 0.6) is 0 Å². The Kier molecular flexibility index (Phi) is 6.92. The molecule has 0 spiro atoms. The molecule has 0 aliphatic rings. The molecule has 0 radical (unpaired) electrons. The summed E-state index contributed by atoms with van der Waals surface area (Å²) in [5.74, 6) is -0.284. The average molecular weight is 466 g/mol. The summed E-state index contributed by atoms with van der Waals surface area (Å²) in [6, 6.07) is 14.7. The van der Waals surface area contributed by atoms with Crippen molar-refractivity contribution in [3.05, 3.63) is 109 Å². The summed E-state index contributed by atoms with van der Waals surface area (Å²) in [6.07, 6.45) is 7.09. The zero-order valence-electron chi connectivity index (χ0n) is 20.1. The number of aromatic nitrogens is 2. The molecule has 0 aliphatic carbocycles. The zero-order chi connectivity index (χ0) is 24.9. The molecule has 6 heteroatoms. The second-order valence-electron chi connectivity index (χ2n) is 8.17. The molecule has 4 aromatic rings. The maximum absolute atomic E-state index is 13.8. The summed E-state index contributed by atoms with van der Waals surface area (Å²) >= 11 is 0. The van der Waals surface area contributed by atoms with Crippen molar-refractivity contribution in [1.82, 2.24) is 9.97 Å². The van der Waals surface area contributed by atoms with E-state index < -0.39 is 0 Å². The summed E-state index contributed by atoms with van der Waals surface area (Å²) in [6.45, 7) is 10.5. The Balaban J connectivity index is 1.64. The molecule has 2 aromatic heterocycles. The van der Waals surface area contributed by atoms with Gasteiger partial charge in [-0.05, 0) is 59.5 Å². The van der Waals surface area contributed by atoms with Crippen molar-refractivity contribution >= 4 is 22.6 Å². The normalized spacial score (nSPS) is 10.5. The van der Waals surface area contributed by atoms with Crippen LogP contribution < -0.4 is 16.0 Å². The highest BCUT2D eigenvalue weighted by Gasteiger charge is 2.14. The number of benzene rings is 2. The Labute approximate surface area is 205 Å². The number of allylic oxidation sites excluding steroid dienone is 1. The predicted molar refractivity (Wildman–Crippen MR) is 145 cm³/mol. The lowest BCUT2D eigenvalue weighted by Gasteiger charge is -2.19. The van der Waals surface area contributed by atoms with Crippen molar-refractivity contribution < 1.29 is 4.39 Å². The van der Waals surface area contributed by atoms with Crippen LogP contribution in [-0.2, 0) is 0 Å². The number of hydrogen-bond donors (Lipinski definition) is 3. The molecule has 5 nitrogen and oxygen atoms in total. The molecule has 0 atom stereocenters. The fourth-order valence-corrected chi connectivity index (χ4v) is 3.92. The topological polar surface area (TPSA) is 61.9 Å². The maximum atomic E-state index is 13.8. The van der Waals surface area contributed by atoms with Crippen molar-refractivity contribution in [3.63, 3.8) is 0 Å². The number of pyridine rings is 2. The lowest BCUT2D eigenvalue weighted by molar-refractivity contribution is 0.628. The molecule has 0 saturated heterocycles. The number of anilines is 3. The van der Waals surface area contributed by atoms with Crippen LogP contribution in [0.15, 0.2) is 92.2 Å². The highest BCUT2D eigenvalue weighted by molar-refractivity contribution is 5.89. The molecule has 0 amide bonds. The van der Waals surface area contributed by atoms with Crippen LogP contribution in [0.4, 0.5) is 21.5 Å². The van der Waals surface area contributed by atoms with E-state index in [-0.39, 0.29) is 5.82 Å². The van der Waals surface area contributed by atoms with Crippen molar-refractivity contribution in [2.45, 2.75) is 6.92 Å². The second kappa shape index (κ2) is 10.2. The van der Waals surface area contributed by atoms with Crippen LogP contribution in [0.2, 0.25) is 0 Å². The van der Waals surface area contributed by atoms with Crippen LogP contribution >= 0.6 is 0 Å². The van der Waals surface area contributed by atoms with Gasteiger partial charge in [0.05, 0.1) is 17.6 Å². The van der Waals surface area contributed by atoms with E-state index in [9.17, 15) is 4.39 Å². The van der Waals surface area contributed by atoms with Gasteiger partial charge in [-0.2, -0.15) is 0 Å². The summed E-state index contributed by atoms with van der Waals surface area (Å²) < 4.78 is 13.8. The van der Waals surface area contributed by atoms with Gasteiger partial charge >= 0.3 is 0 Å². The zero-order valence-corrected chi connectivity index (χ0v) is 20.1. The molecule has 2 aromatic carbocycles. The number of hydrogen-bond acceptors (Lipinski definition) is 5. The minimum atomic E-state index is -0.284. The van der Waals surface area contributed by atoms with Crippen LogP contribution in [0.3, 0.4) is 0 Å². The molecular formula is C29H28FN5. The molecule has 0 unspecified atom stereocenters. The third-order valence-electron chi connectivity index (χ3n) is 5.98. The molecule has 4 rings (SSSR count). The first kappa shape index (κ1) is 23.7. The summed E-state index contributed by atoms with van der Waals surface area (Å²) in [7, 11) is 3.75. The number of nitrogens with zero attached hydrogens (tertiary/aromatic N) is 2. The standard InChI is InChI=1S/C29H28FN5/c1-18(26-13-21(9-10-28(26)32-5)23-12-25(31-4)15-33-14-23)20(3)35-29-17-34-16-27(19(29)2)22-7-6-8-24(30)11-22/h6-17,31-32,35H,1,3H2,2,4-5H3. The molecule has 3 N–H and O–H groups in total. The Morgan fingerprint density at radius 1 is 0.800 bits per heavy atom. The van der Waals surface area contributed by atoms with Gasteiger partial charge in [-0.1, -0.05) is 31.4 Å². The van der Waals surface area contributed by atoms with E-state index in [1.54, 1.807) is 24.7 Å². The minimum absolute atomic E-state index is 0.284. The quantitative estimate of drug-likeness (QED) is 0.245. The Hall–Kier alpha value is -4.45. The molecular weight excluding hydrogens is 437 g/mol. The van der Waals surface area contributed by atoms with E-state index in [1.807, 2.05) is 51.5 Å². The van der Waals surface area contributed by atoms with Gasteiger partial charge in [0.15, 0.2) is 0 Å². The fourth-order valence-electron chi connectivity index (χ4n) is 3.92. The predicted octanol–water partition coefficient (Wildman–Crippen LogP) is 6.98. The summed E-state index contributed by atoms with van der Waals surface area (Å²) in [4.78, 5) is 8.69. The van der Waals surface area contributed by atoms with E-state index in [0.29, 0.717) is 5.70 Å². The SMILES string of the molecule is C=C(Nc1cncc(-c2cccc(F)c2)c1C)C(=C)c1cc(-c2cncc(NC)c2)ccc1NC. The molecule has 0 saturated carbocycles. The number of rotatable bonds is 8. The van der Waals surface area contributed by atoms with E-state index in [2.05, 4.69) is 45.1 Å². The van der Waals surface area contributed by atoms with Crippen LogP contribution in [0, 0.1) is 12.7 Å². The smallest absolute Gasteiger partial charge is 0.123 e. The minimum Gasteiger partial charge on any atom is -0.388 e. The van der Waals surface area contributed by atoms with Crippen LogP contribution in [0.25, 0.3) is 27.8 Å². The Morgan fingerprint density at radius 3 is 2.34 bits per heavy atom. The molecule has 2 heterocycles. The first-order valence-electron chi connectivity index (χ1n) is 11.2. The van der Waals surface area contributed by atoms with Gasteiger partial charge in [0, 0.05) is 60.8 Å². The highest BCUT2D eigenvalue weighted by atomic mass is 19.1. The fraction of sp³-hybridized carbons (Fsp3) is 0.103. The van der Waals surface area contributed by atoms with Crippen LogP contribution in [-0.4, -0.2) is 24.1 Å². The van der Waals surface area contributed by atoms with Gasteiger partial charge in [0.2, 0.25) is 0 Å². The first-order valence-corrected chi connectivity index (χ1v) is 11.2. The van der Waals surface area contributed by atoms with Gasteiger partial charge in [-0.15, -0.1) is 0 Å². The van der Waals surface area contributed by atoms with Gasteiger partial charge in [-0.3, -0.25) is 9.97 Å². The van der Waals surface area contributed by atoms with Crippen molar-refractivity contribution in [2.24, 2.45) is 0 Å². The van der Waals surface area contributed by atoms with E-state index in [0.717, 1.165) is 56.0 Å².